The zero-order chi connectivity index (χ0) is 24.9. The lowest BCUT2D eigenvalue weighted by Gasteiger charge is -2.27. The van der Waals surface area contributed by atoms with Crippen molar-refractivity contribution in [1.29, 1.82) is 0 Å². The molecule has 1 atom stereocenters. The molecular weight excluding hydrogens is 471 g/mol. The molecule has 0 aliphatic carbocycles. The molecule has 0 saturated carbocycles. The second kappa shape index (κ2) is 10.7. The standard InChI is InChI=1S/C22H28F3N5O3S/c1-16(21(31)27-10-9-17-3-6-19(7-4-17)34(26,32)33)29-11-2-12-30(14-13-29)20-8-5-18(15-28-20)22(23,24)25/h3-8,15-16H,2,9-14H2,1H3,(H,27,31)(H2,26,32,33)/t16-/m0/s1. The topological polar surface area (TPSA) is 109 Å². The third-order valence-electron chi connectivity index (χ3n) is 5.82. The highest BCUT2D eigenvalue weighted by Crippen LogP contribution is 2.29. The molecule has 1 aromatic carbocycles. The summed E-state index contributed by atoms with van der Waals surface area (Å²) in [6.07, 6.45) is -2.29. The highest BCUT2D eigenvalue weighted by molar-refractivity contribution is 7.89. The summed E-state index contributed by atoms with van der Waals surface area (Å²) in [6.45, 7) is 4.66. The number of pyridine rings is 1. The van der Waals surface area contributed by atoms with Crippen LogP contribution in [0, 0.1) is 0 Å². The van der Waals surface area contributed by atoms with Crippen LogP contribution >= 0.6 is 0 Å². The van der Waals surface area contributed by atoms with Gasteiger partial charge in [0.2, 0.25) is 15.9 Å². The van der Waals surface area contributed by atoms with Crippen LogP contribution < -0.4 is 15.4 Å². The average Bonchev–Trinajstić information content (AvgIpc) is 3.04. The van der Waals surface area contributed by atoms with Crippen LogP contribution in [0.4, 0.5) is 19.0 Å². The minimum atomic E-state index is -4.42. The molecule has 0 radical (unpaired) electrons. The Morgan fingerprint density at radius 2 is 1.82 bits per heavy atom. The van der Waals surface area contributed by atoms with Gasteiger partial charge in [-0.05, 0) is 49.6 Å². The van der Waals surface area contributed by atoms with E-state index in [1.54, 1.807) is 12.1 Å². The van der Waals surface area contributed by atoms with Crippen LogP contribution in [0.2, 0.25) is 0 Å². The number of amides is 1. The Morgan fingerprint density at radius 3 is 2.41 bits per heavy atom. The van der Waals surface area contributed by atoms with E-state index in [1.165, 1.54) is 18.2 Å². The van der Waals surface area contributed by atoms with Gasteiger partial charge in [0, 0.05) is 38.9 Å². The molecule has 1 aliphatic rings. The van der Waals surface area contributed by atoms with Gasteiger partial charge in [0.15, 0.2) is 0 Å². The number of anilines is 1. The van der Waals surface area contributed by atoms with Gasteiger partial charge in [0.05, 0.1) is 16.5 Å². The van der Waals surface area contributed by atoms with E-state index < -0.39 is 21.8 Å². The normalized spacial score (nSPS) is 16.7. The number of alkyl halides is 3. The second-order valence-electron chi connectivity index (χ2n) is 8.19. The smallest absolute Gasteiger partial charge is 0.355 e. The van der Waals surface area contributed by atoms with Crippen LogP contribution in [0.25, 0.3) is 0 Å². The molecule has 186 valence electrons. The van der Waals surface area contributed by atoms with E-state index in [4.69, 9.17) is 5.14 Å². The third-order valence-corrected chi connectivity index (χ3v) is 6.75. The maximum atomic E-state index is 12.8. The SMILES string of the molecule is C[C@@H](C(=O)NCCc1ccc(S(N)(=O)=O)cc1)N1CCCN(c2ccc(C(F)(F)F)cn2)CC1. The summed E-state index contributed by atoms with van der Waals surface area (Å²) in [6, 6.07) is 8.23. The number of nitrogens with one attached hydrogen (secondary N) is 1. The number of aromatic nitrogens is 1. The molecule has 0 unspecified atom stereocenters. The Bertz CT molecular complexity index is 1080. The van der Waals surface area contributed by atoms with Gasteiger partial charge < -0.3 is 10.2 Å². The summed E-state index contributed by atoms with van der Waals surface area (Å²) in [5.41, 5.74) is 0.0909. The van der Waals surface area contributed by atoms with Crippen LogP contribution in [0.5, 0.6) is 0 Å². The number of rotatable bonds is 7. The largest absolute Gasteiger partial charge is 0.417 e. The molecule has 12 heteroatoms. The number of primary sulfonamides is 1. The number of sulfonamides is 1. The summed E-state index contributed by atoms with van der Waals surface area (Å²) in [4.78, 5) is 20.6. The maximum absolute atomic E-state index is 12.8. The monoisotopic (exact) mass is 499 g/mol. The zero-order valence-corrected chi connectivity index (χ0v) is 19.6. The minimum Gasteiger partial charge on any atom is -0.355 e. The number of carbonyl (C=O) groups excluding carboxylic acids is 1. The van der Waals surface area contributed by atoms with E-state index >= 15 is 0 Å². The Balaban J connectivity index is 1.48. The summed E-state index contributed by atoms with van der Waals surface area (Å²) in [5, 5.41) is 7.99. The van der Waals surface area contributed by atoms with Crippen molar-refractivity contribution < 1.29 is 26.4 Å². The number of benzene rings is 1. The number of hydrogen-bond acceptors (Lipinski definition) is 6. The lowest BCUT2D eigenvalue weighted by Crippen LogP contribution is -2.47. The summed E-state index contributed by atoms with van der Waals surface area (Å²) in [5.74, 6) is 0.364. The fourth-order valence-corrected chi connectivity index (χ4v) is 4.30. The fourth-order valence-electron chi connectivity index (χ4n) is 3.78. The molecular formula is C22H28F3N5O3S. The average molecular weight is 500 g/mol. The number of halogens is 3. The second-order valence-corrected chi connectivity index (χ2v) is 9.75. The molecule has 1 aromatic heterocycles. The Kier molecular flexibility index (Phi) is 8.16. The highest BCUT2D eigenvalue weighted by Gasteiger charge is 2.31. The summed E-state index contributed by atoms with van der Waals surface area (Å²) in [7, 11) is -3.74. The molecule has 3 N–H and O–H groups in total. The van der Waals surface area contributed by atoms with Gasteiger partial charge in [0.1, 0.15) is 5.82 Å². The van der Waals surface area contributed by atoms with E-state index in [9.17, 15) is 26.4 Å². The Morgan fingerprint density at radius 1 is 1.12 bits per heavy atom. The van der Waals surface area contributed by atoms with Gasteiger partial charge in [-0.25, -0.2) is 18.5 Å². The first-order valence-electron chi connectivity index (χ1n) is 10.9. The van der Waals surface area contributed by atoms with Crippen LogP contribution in [0.1, 0.15) is 24.5 Å². The number of nitrogens with zero attached hydrogens (tertiary/aromatic N) is 3. The lowest BCUT2D eigenvalue weighted by molar-refractivity contribution is -0.137. The molecule has 0 bridgehead atoms. The van der Waals surface area contributed by atoms with Crippen molar-refractivity contribution in [2.75, 3.05) is 37.6 Å². The summed E-state index contributed by atoms with van der Waals surface area (Å²) >= 11 is 0. The van der Waals surface area contributed by atoms with Gasteiger partial charge in [-0.1, -0.05) is 12.1 Å². The molecule has 34 heavy (non-hydrogen) atoms. The molecule has 3 rings (SSSR count). The first-order valence-corrected chi connectivity index (χ1v) is 12.4. The fraction of sp³-hybridized carbons (Fsp3) is 0.455. The van der Waals surface area contributed by atoms with Crippen LogP contribution in [0.15, 0.2) is 47.5 Å². The van der Waals surface area contributed by atoms with Gasteiger partial charge >= 0.3 is 6.18 Å². The number of hydrogen-bond donors (Lipinski definition) is 2. The van der Waals surface area contributed by atoms with Gasteiger partial charge in [-0.3, -0.25) is 9.69 Å². The van der Waals surface area contributed by atoms with Gasteiger partial charge in [0.25, 0.3) is 0 Å². The van der Waals surface area contributed by atoms with Crippen molar-refractivity contribution in [2.24, 2.45) is 5.14 Å². The quantitative estimate of drug-likeness (QED) is 0.603. The molecule has 1 saturated heterocycles. The molecule has 1 fully saturated rings. The van der Waals surface area contributed by atoms with Crippen molar-refractivity contribution >= 4 is 21.7 Å². The lowest BCUT2D eigenvalue weighted by atomic mass is 10.1. The van der Waals surface area contributed by atoms with E-state index in [2.05, 4.69) is 10.3 Å². The van der Waals surface area contributed by atoms with Gasteiger partial charge in [-0.15, -0.1) is 0 Å². The predicted molar refractivity (Wildman–Crippen MR) is 122 cm³/mol. The molecule has 1 aliphatic heterocycles. The van der Waals surface area contributed by atoms with E-state index in [0.29, 0.717) is 45.0 Å². The minimum absolute atomic E-state index is 0.0376. The Hall–Kier alpha value is -2.70. The number of carbonyl (C=O) groups is 1. The van der Waals surface area contributed by atoms with Crippen molar-refractivity contribution in [3.8, 4) is 0 Å². The predicted octanol–water partition coefficient (Wildman–Crippen LogP) is 2.01. The molecule has 2 heterocycles. The molecule has 1 amide bonds. The van der Waals surface area contributed by atoms with Gasteiger partial charge in [-0.2, -0.15) is 13.2 Å². The van der Waals surface area contributed by atoms with E-state index in [1.807, 2.05) is 16.7 Å². The zero-order valence-electron chi connectivity index (χ0n) is 18.8. The maximum Gasteiger partial charge on any atom is 0.417 e. The highest BCUT2D eigenvalue weighted by atomic mass is 32.2. The van der Waals surface area contributed by atoms with E-state index in [0.717, 1.165) is 24.2 Å². The van der Waals surface area contributed by atoms with Crippen molar-refractivity contribution in [3.63, 3.8) is 0 Å². The molecule has 0 spiro atoms. The first-order chi connectivity index (χ1) is 15.9. The first kappa shape index (κ1) is 25.9. The number of nitrogens with two attached hydrogens (primary N) is 1. The molecule has 8 nitrogen and oxygen atoms in total. The van der Waals surface area contributed by atoms with Crippen LogP contribution in [0.3, 0.4) is 0 Å². The molecule has 2 aromatic rings. The van der Waals surface area contributed by atoms with Crippen molar-refractivity contribution in [2.45, 2.75) is 36.9 Å². The Labute approximate surface area is 197 Å². The van der Waals surface area contributed by atoms with Crippen LogP contribution in [-0.2, 0) is 27.4 Å². The van der Waals surface area contributed by atoms with Crippen LogP contribution in [-0.4, -0.2) is 63.0 Å². The summed E-state index contributed by atoms with van der Waals surface area (Å²) < 4.78 is 60.9. The van der Waals surface area contributed by atoms with Crippen molar-refractivity contribution in [3.05, 3.63) is 53.7 Å². The third kappa shape index (κ3) is 6.90. The van der Waals surface area contributed by atoms with E-state index in [-0.39, 0.29) is 16.8 Å². The van der Waals surface area contributed by atoms with Crippen molar-refractivity contribution in [1.82, 2.24) is 15.2 Å².